The summed E-state index contributed by atoms with van der Waals surface area (Å²) in [6.07, 6.45) is 1.92. The van der Waals surface area contributed by atoms with Crippen molar-refractivity contribution in [1.29, 1.82) is 0 Å². The van der Waals surface area contributed by atoms with Crippen molar-refractivity contribution in [3.05, 3.63) is 29.6 Å². The quantitative estimate of drug-likeness (QED) is 0.649. The molecule has 0 aliphatic rings. The molecule has 0 aromatic heterocycles. The van der Waals surface area contributed by atoms with Crippen molar-refractivity contribution >= 4 is 0 Å². The van der Waals surface area contributed by atoms with E-state index in [1.165, 1.54) is 18.2 Å². The van der Waals surface area contributed by atoms with Crippen molar-refractivity contribution in [2.24, 2.45) is 0 Å². The standard InChI is InChI=1S/C15H24FNO3/c1-12(14-11-13(16)5-6-15(14)18)17-7-3-4-8-20-10-9-19-2/h5-6,11-12,17-18H,3-4,7-10H2,1-2H3. The van der Waals surface area contributed by atoms with Gasteiger partial charge in [-0.1, -0.05) is 0 Å². The van der Waals surface area contributed by atoms with Crippen molar-refractivity contribution in [3.63, 3.8) is 0 Å². The van der Waals surface area contributed by atoms with Gasteiger partial charge in [0.25, 0.3) is 0 Å². The second-order valence-electron chi connectivity index (χ2n) is 4.69. The molecule has 1 aromatic carbocycles. The highest BCUT2D eigenvalue weighted by molar-refractivity contribution is 5.34. The summed E-state index contributed by atoms with van der Waals surface area (Å²) >= 11 is 0. The van der Waals surface area contributed by atoms with E-state index >= 15 is 0 Å². The molecule has 0 fully saturated rings. The lowest BCUT2D eigenvalue weighted by atomic mass is 10.1. The van der Waals surface area contributed by atoms with Gasteiger partial charge in [-0.05, 0) is 44.5 Å². The summed E-state index contributed by atoms with van der Waals surface area (Å²) in [7, 11) is 1.65. The number of ether oxygens (including phenoxy) is 2. The number of phenolic OH excluding ortho intramolecular Hbond substituents is 1. The topological polar surface area (TPSA) is 50.7 Å². The highest BCUT2D eigenvalue weighted by atomic mass is 19.1. The average Bonchev–Trinajstić information content (AvgIpc) is 2.44. The van der Waals surface area contributed by atoms with Crippen molar-refractivity contribution in [2.45, 2.75) is 25.8 Å². The highest BCUT2D eigenvalue weighted by Gasteiger charge is 2.10. The van der Waals surface area contributed by atoms with E-state index in [4.69, 9.17) is 9.47 Å². The average molecular weight is 285 g/mol. The summed E-state index contributed by atoms with van der Waals surface area (Å²) in [5.41, 5.74) is 0.585. The molecule has 20 heavy (non-hydrogen) atoms. The van der Waals surface area contributed by atoms with E-state index in [1.54, 1.807) is 7.11 Å². The van der Waals surface area contributed by atoms with Gasteiger partial charge >= 0.3 is 0 Å². The smallest absolute Gasteiger partial charge is 0.123 e. The minimum atomic E-state index is -0.335. The van der Waals surface area contributed by atoms with Crippen LogP contribution in [-0.4, -0.2) is 38.6 Å². The van der Waals surface area contributed by atoms with Crippen molar-refractivity contribution in [1.82, 2.24) is 5.32 Å². The van der Waals surface area contributed by atoms with Crippen LogP contribution in [0.5, 0.6) is 5.75 Å². The highest BCUT2D eigenvalue weighted by Crippen LogP contribution is 2.24. The summed E-state index contributed by atoms with van der Waals surface area (Å²) in [6.45, 7) is 4.66. The zero-order chi connectivity index (χ0) is 14.8. The van der Waals surface area contributed by atoms with Gasteiger partial charge in [0, 0.05) is 25.3 Å². The van der Waals surface area contributed by atoms with Gasteiger partial charge in [0.2, 0.25) is 0 Å². The molecule has 0 bridgehead atoms. The number of nitrogens with one attached hydrogen (secondary N) is 1. The Kier molecular flexibility index (Phi) is 8.18. The lowest BCUT2D eigenvalue weighted by molar-refractivity contribution is 0.0687. The molecule has 0 saturated carbocycles. The molecule has 0 heterocycles. The van der Waals surface area contributed by atoms with Crippen LogP contribution in [-0.2, 0) is 9.47 Å². The SMILES string of the molecule is COCCOCCCCNC(C)c1cc(F)ccc1O. The lowest BCUT2D eigenvalue weighted by Crippen LogP contribution is -2.20. The van der Waals surface area contributed by atoms with E-state index < -0.39 is 0 Å². The molecule has 0 spiro atoms. The van der Waals surface area contributed by atoms with Gasteiger partial charge in [0.05, 0.1) is 13.2 Å². The molecular formula is C15H24FNO3. The van der Waals surface area contributed by atoms with E-state index in [0.717, 1.165) is 19.4 Å². The molecule has 0 aliphatic carbocycles. The van der Waals surface area contributed by atoms with Crippen LogP contribution in [0.4, 0.5) is 4.39 Å². The predicted octanol–water partition coefficient (Wildman–Crippen LogP) is 2.63. The number of aromatic hydroxyl groups is 1. The number of phenols is 1. The van der Waals surface area contributed by atoms with Gasteiger partial charge in [-0.15, -0.1) is 0 Å². The fourth-order valence-electron chi connectivity index (χ4n) is 1.87. The van der Waals surface area contributed by atoms with Gasteiger partial charge in [0.15, 0.2) is 0 Å². The fraction of sp³-hybridized carbons (Fsp3) is 0.600. The van der Waals surface area contributed by atoms with Gasteiger partial charge in [0.1, 0.15) is 11.6 Å². The first-order chi connectivity index (χ1) is 9.65. The zero-order valence-corrected chi connectivity index (χ0v) is 12.2. The molecule has 0 radical (unpaired) electrons. The zero-order valence-electron chi connectivity index (χ0n) is 12.2. The maximum atomic E-state index is 13.1. The number of methoxy groups -OCH3 is 1. The third kappa shape index (κ3) is 6.32. The van der Waals surface area contributed by atoms with Crippen LogP contribution in [0, 0.1) is 5.82 Å². The van der Waals surface area contributed by atoms with Crippen LogP contribution < -0.4 is 5.32 Å². The molecular weight excluding hydrogens is 261 g/mol. The second-order valence-corrected chi connectivity index (χ2v) is 4.69. The number of hydrogen-bond donors (Lipinski definition) is 2. The molecule has 5 heteroatoms. The van der Waals surface area contributed by atoms with Gasteiger partial charge < -0.3 is 19.9 Å². The Morgan fingerprint density at radius 1 is 1.25 bits per heavy atom. The van der Waals surface area contributed by atoms with Crippen LogP contribution in [0.2, 0.25) is 0 Å². The first kappa shape index (κ1) is 16.9. The number of unbranched alkanes of at least 4 members (excludes halogenated alkanes) is 1. The summed E-state index contributed by atoms with van der Waals surface area (Å²) in [5.74, 6) is -0.215. The van der Waals surface area contributed by atoms with Crippen LogP contribution in [0.1, 0.15) is 31.4 Å². The molecule has 114 valence electrons. The van der Waals surface area contributed by atoms with Crippen LogP contribution >= 0.6 is 0 Å². The summed E-state index contributed by atoms with van der Waals surface area (Å²) in [4.78, 5) is 0. The van der Waals surface area contributed by atoms with Crippen molar-refractivity contribution < 1.29 is 19.0 Å². The van der Waals surface area contributed by atoms with Gasteiger partial charge in [-0.3, -0.25) is 0 Å². The second kappa shape index (κ2) is 9.69. The van der Waals surface area contributed by atoms with E-state index in [9.17, 15) is 9.50 Å². The Labute approximate surface area is 119 Å². The van der Waals surface area contributed by atoms with E-state index in [2.05, 4.69) is 5.32 Å². The fourth-order valence-corrected chi connectivity index (χ4v) is 1.87. The van der Waals surface area contributed by atoms with Crippen LogP contribution in [0.3, 0.4) is 0 Å². The molecule has 1 aromatic rings. The van der Waals surface area contributed by atoms with Gasteiger partial charge in [-0.25, -0.2) is 4.39 Å². The van der Waals surface area contributed by atoms with E-state index in [0.29, 0.717) is 25.4 Å². The first-order valence-corrected chi connectivity index (χ1v) is 6.93. The van der Waals surface area contributed by atoms with Crippen molar-refractivity contribution in [2.75, 3.05) is 33.5 Å². The summed E-state index contributed by atoms with van der Waals surface area (Å²) in [6, 6.07) is 3.91. The monoisotopic (exact) mass is 285 g/mol. The molecule has 0 saturated heterocycles. The summed E-state index contributed by atoms with van der Waals surface area (Å²) in [5, 5.41) is 13.0. The maximum Gasteiger partial charge on any atom is 0.123 e. The molecule has 0 amide bonds. The first-order valence-electron chi connectivity index (χ1n) is 6.93. The van der Waals surface area contributed by atoms with Gasteiger partial charge in [-0.2, -0.15) is 0 Å². The van der Waals surface area contributed by atoms with Crippen LogP contribution in [0.15, 0.2) is 18.2 Å². The minimum absolute atomic E-state index is 0.0832. The minimum Gasteiger partial charge on any atom is -0.508 e. The number of halogens is 1. The Morgan fingerprint density at radius 3 is 2.80 bits per heavy atom. The van der Waals surface area contributed by atoms with Crippen LogP contribution in [0.25, 0.3) is 0 Å². The third-order valence-corrected chi connectivity index (χ3v) is 3.05. The Morgan fingerprint density at radius 2 is 2.05 bits per heavy atom. The number of hydrogen-bond acceptors (Lipinski definition) is 4. The van der Waals surface area contributed by atoms with E-state index in [-0.39, 0.29) is 17.6 Å². The molecule has 1 unspecified atom stereocenters. The molecule has 2 N–H and O–H groups in total. The largest absolute Gasteiger partial charge is 0.508 e. The predicted molar refractivity (Wildman–Crippen MR) is 76.4 cm³/mol. The normalized spacial score (nSPS) is 12.6. The molecule has 0 aliphatic heterocycles. The Bertz CT molecular complexity index is 387. The molecule has 4 nitrogen and oxygen atoms in total. The Balaban J connectivity index is 2.17. The molecule has 1 atom stereocenters. The Hall–Kier alpha value is -1.17. The maximum absolute atomic E-state index is 13.1. The number of rotatable bonds is 10. The van der Waals surface area contributed by atoms with Crippen molar-refractivity contribution in [3.8, 4) is 5.75 Å². The van der Waals surface area contributed by atoms with E-state index in [1.807, 2.05) is 6.92 Å². The summed E-state index contributed by atoms with van der Waals surface area (Å²) < 4.78 is 23.4. The lowest BCUT2D eigenvalue weighted by Gasteiger charge is -2.15. The number of benzene rings is 1. The third-order valence-electron chi connectivity index (χ3n) is 3.05. The molecule has 1 rings (SSSR count).